The minimum Gasteiger partial charge on any atom is -0.395 e. The molecule has 0 radical (unpaired) electrons. The molecule has 0 aliphatic rings. The molecule has 0 aliphatic heterocycles. The number of hydrogen-bond donors (Lipinski definition) is 1. The normalized spacial score (nSPS) is 10.6. The van der Waals surface area contributed by atoms with Crippen molar-refractivity contribution in [1.29, 1.82) is 0 Å². The minimum atomic E-state index is -0.781. The van der Waals surface area contributed by atoms with Gasteiger partial charge in [0.15, 0.2) is 0 Å². The number of hydrogen-bond acceptors (Lipinski definition) is 3. The van der Waals surface area contributed by atoms with Gasteiger partial charge in [-0.15, -0.1) is 0 Å². The standard InChI is InChI=1S/C11H15FN2O2/c1-8(2)14(6-7-15)11(16)9-4-3-5-13-10(9)12/h3-5,8,15H,6-7H2,1-2H3. The molecule has 16 heavy (non-hydrogen) atoms. The summed E-state index contributed by atoms with van der Waals surface area (Å²) < 4.78 is 13.3. The lowest BCUT2D eigenvalue weighted by atomic mass is 10.2. The van der Waals surface area contributed by atoms with Gasteiger partial charge in [0.25, 0.3) is 5.91 Å². The molecule has 1 aromatic rings. The molecule has 0 bridgehead atoms. The summed E-state index contributed by atoms with van der Waals surface area (Å²) in [5, 5.41) is 8.85. The number of amides is 1. The monoisotopic (exact) mass is 226 g/mol. The van der Waals surface area contributed by atoms with Crippen molar-refractivity contribution in [3.63, 3.8) is 0 Å². The summed E-state index contributed by atoms with van der Waals surface area (Å²) in [6.07, 6.45) is 1.29. The lowest BCUT2D eigenvalue weighted by molar-refractivity contribution is 0.0659. The maximum absolute atomic E-state index is 13.3. The van der Waals surface area contributed by atoms with Gasteiger partial charge in [0.1, 0.15) is 0 Å². The first-order chi connectivity index (χ1) is 7.57. The Morgan fingerprint density at radius 1 is 1.62 bits per heavy atom. The molecule has 0 atom stereocenters. The van der Waals surface area contributed by atoms with Crippen molar-refractivity contribution in [1.82, 2.24) is 9.88 Å². The van der Waals surface area contributed by atoms with Gasteiger partial charge >= 0.3 is 0 Å². The van der Waals surface area contributed by atoms with Crippen LogP contribution in [0, 0.1) is 5.95 Å². The van der Waals surface area contributed by atoms with E-state index in [-0.39, 0.29) is 24.8 Å². The number of carbonyl (C=O) groups excluding carboxylic acids is 1. The predicted octanol–water partition coefficient (Wildman–Crippen LogP) is 1.06. The zero-order valence-electron chi connectivity index (χ0n) is 9.35. The highest BCUT2D eigenvalue weighted by Crippen LogP contribution is 2.10. The molecule has 88 valence electrons. The van der Waals surface area contributed by atoms with Crippen LogP contribution >= 0.6 is 0 Å². The maximum atomic E-state index is 13.3. The third kappa shape index (κ3) is 2.76. The highest BCUT2D eigenvalue weighted by molar-refractivity contribution is 5.94. The van der Waals surface area contributed by atoms with E-state index < -0.39 is 11.9 Å². The van der Waals surface area contributed by atoms with Crippen molar-refractivity contribution >= 4 is 5.91 Å². The van der Waals surface area contributed by atoms with Crippen LogP contribution < -0.4 is 0 Å². The van der Waals surface area contributed by atoms with E-state index in [1.165, 1.54) is 23.2 Å². The van der Waals surface area contributed by atoms with Crippen LogP contribution in [0.5, 0.6) is 0 Å². The van der Waals surface area contributed by atoms with Crippen molar-refractivity contribution in [2.24, 2.45) is 0 Å². The van der Waals surface area contributed by atoms with Gasteiger partial charge in [-0.1, -0.05) is 0 Å². The Hall–Kier alpha value is -1.49. The van der Waals surface area contributed by atoms with Crippen LogP contribution in [0.4, 0.5) is 4.39 Å². The molecule has 5 heteroatoms. The fraction of sp³-hybridized carbons (Fsp3) is 0.455. The largest absolute Gasteiger partial charge is 0.395 e. The molecule has 0 unspecified atom stereocenters. The molecular weight excluding hydrogens is 211 g/mol. The van der Waals surface area contributed by atoms with E-state index in [4.69, 9.17) is 5.11 Å². The predicted molar refractivity (Wildman–Crippen MR) is 57.5 cm³/mol. The number of aromatic nitrogens is 1. The van der Waals surface area contributed by atoms with Gasteiger partial charge in [0, 0.05) is 18.8 Å². The Morgan fingerprint density at radius 3 is 2.81 bits per heavy atom. The Labute approximate surface area is 93.7 Å². The molecule has 4 nitrogen and oxygen atoms in total. The zero-order chi connectivity index (χ0) is 12.1. The summed E-state index contributed by atoms with van der Waals surface area (Å²) in [6.45, 7) is 3.65. The van der Waals surface area contributed by atoms with Crippen molar-refractivity contribution in [3.8, 4) is 0 Å². The van der Waals surface area contributed by atoms with Gasteiger partial charge in [0.05, 0.1) is 12.2 Å². The number of halogens is 1. The van der Waals surface area contributed by atoms with Crippen LogP contribution in [0.1, 0.15) is 24.2 Å². The Balaban J connectivity index is 2.95. The smallest absolute Gasteiger partial charge is 0.258 e. The average Bonchev–Trinajstić information content (AvgIpc) is 2.25. The van der Waals surface area contributed by atoms with Crippen molar-refractivity contribution in [2.75, 3.05) is 13.2 Å². The highest BCUT2D eigenvalue weighted by atomic mass is 19.1. The van der Waals surface area contributed by atoms with Crippen molar-refractivity contribution in [3.05, 3.63) is 29.8 Å². The molecule has 1 N–H and O–H groups in total. The molecule has 1 aromatic heterocycles. The zero-order valence-corrected chi connectivity index (χ0v) is 9.35. The van der Waals surface area contributed by atoms with E-state index in [2.05, 4.69) is 4.98 Å². The molecule has 1 heterocycles. The van der Waals surface area contributed by atoms with Gasteiger partial charge in [-0.25, -0.2) is 4.98 Å². The second-order valence-corrected chi connectivity index (χ2v) is 3.66. The number of aliphatic hydroxyl groups is 1. The third-order valence-electron chi connectivity index (χ3n) is 2.21. The Bertz CT molecular complexity index is 369. The molecule has 0 spiro atoms. The molecule has 0 saturated heterocycles. The summed E-state index contributed by atoms with van der Waals surface area (Å²) in [5.41, 5.74) is -0.0651. The van der Waals surface area contributed by atoms with Crippen LogP contribution in [-0.2, 0) is 0 Å². The SMILES string of the molecule is CC(C)N(CCO)C(=O)c1cccnc1F. The fourth-order valence-corrected chi connectivity index (χ4v) is 1.40. The summed E-state index contributed by atoms with van der Waals surface area (Å²) in [7, 11) is 0. The van der Waals surface area contributed by atoms with Gasteiger partial charge in [0.2, 0.25) is 5.95 Å². The number of aliphatic hydroxyl groups excluding tert-OH is 1. The van der Waals surface area contributed by atoms with Crippen LogP contribution in [0.15, 0.2) is 18.3 Å². The summed E-state index contributed by atoms with van der Waals surface area (Å²) in [5.74, 6) is -1.23. The molecule has 1 rings (SSSR count). The van der Waals surface area contributed by atoms with E-state index in [1.54, 1.807) is 0 Å². The maximum Gasteiger partial charge on any atom is 0.258 e. The second-order valence-electron chi connectivity index (χ2n) is 3.66. The molecule has 0 saturated carbocycles. The third-order valence-corrected chi connectivity index (χ3v) is 2.21. The number of pyridine rings is 1. The molecule has 0 aliphatic carbocycles. The highest BCUT2D eigenvalue weighted by Gasteiger charge is 2.21. The average molecular weight is 226 g/mol. The van der Waals surface area contributed by atoms with Crippen molar-refractivity contribution < 1.29 is 14.3 Å². The van der Waals surface area contributed by atoms with Crippen LogP contribution in [-0.4, -0.2) is 40.1 Å². The number of rotatable bonds is 4. The van der Waals surface area contributed by atoms with Crippen LogP contribution in [0.2, 0.25) is 0 Å². The first-order valence-corrected chi connectivity index (χ1v) is 5.10. The molecule has 0 fully saturated rings. The van der Waals surface area contributed by atoms with Gasteiger partial charge in [-0.3, -0.25) is 4.79 Å². The van der Waals surface area contributed by atoms with Gasteiger partial charge in [-0.05, 0) is 26.0 Å². The Morgan fingerprint density at radius 2 is 2.31 bits per heavy atom. The molecule has 1 amide bonds. The summed E-state index contributed by atoms with van der Waals surface area (Å²) >= 11 is 0. The van der Waals surface area contributed by atoms with E-state index in [0.717, 1.165) is 0 Å². The van der Waals surface area contributed by atoms with Crippen molar-refractivity contribution in [2.45, 2.75) is 19.9 Å². The lowest BCUT2D eigenvalue weighted by Crippen LogP contribution is -2.39. The second kappa shape index (κ2) is 5.55. The van der Waals surface area contributed by atoms with Crippen LogP contribution in [0.3, 0.4) is 0 Å². The van der Waals surface area contributed by atoms with E-state index in [9.17, 15) is 9.18 Å². The summed E-state index contributed by atoms with van der Waals surface area (Å²) in [4.78, 5) is 16.8. The van der Waals surface area contributed by atoms with E-state index in [0.29, 0.717) is 0 Å². The molecule has 0 aromatic carbocycles. The molecular formula is C11H15FN2O2. The quantitative estimate of drug-likeness (QED) is 0.781. The van der Waals surface area contributed by atoms with E-state index in [1.807, 2.05) is 13.8 Å². The number of nitrogens with zero attached hydrogens (tertiary/aromatic N) is 2. The first kappa shape index (κ1) is 12.6. The minimum absolute atomic E-state index is 0.0651. The Kier molecular flexibility index (Phi) is 4.37. The van der Waals surface area contributed by atoms with Crippen LogP contribution in [0.25, 0.3) is 0 Å². The van der Waals surface area contributed by atoms with E-state index >= 15 is 0 Å². The fourth-order valence-electron chi connectivity index (χ4n) is 1.40. The lowest BCUT2D eigenvalue weighted by Gasteiger charge is -2.25. The van der Waals surface area contributed by atoms with Gasteiger partial charge in [-0.2, -0.15) is 4.39 Å². The topological polar surface area (TPSA) is 53.4 Å². The first-order valence-electron chi connectivity index (χ1n) is 5.10. The van der Waals surface area contributed by atoms with Gasteiger partial charge < -0.3 is 10.0 Å². The summed E-state index contributed by atoms with van der Waals surface area (Å²) in [6, 6.07) is 2.80. The number of carbonyl (C=O) groups is 1.